The largest absolute Gasteiger partial charge is 0.452 e. The van der Waals surface area contributed by atoms with Gasteiger partial charge in [0.2, 0.25) is 0 Å². The average Bonchev–Trinajstić information content (AvgIpc) is 2.59. The second-order valence-corrected chi connectivity index (χ2v) is 6.46. The van der Waals surface area contributed by atoms with Gasteiger partial charge in [-0.25, -0.2) is 9.59 Å². The molecule has 1 aromatic rings. The fraction of sp³-hybridized carbons (Fsp3) is 0.474. The SMILES string of the molecule is C=C(C)C(=O)OCC(=O)OC1(c2cccc(C(F)(F)F)c2)CCCCC1. The van der Waals surface area contributed by atoms with Gasteiger partial charge in [0.15, 0.2) is 6.61 Å². The molecule has 1 fully saturated rings. The minimum atomic E-state index is -4.48. The molecule has 1 aromatic carbocycles. The number of benzene rings is 1. The van der Waals surface area contributed by atoms with Gasteiger partial charge in [0.25, 0.3) is 0 Å². The quantitative estimate of drug-likeness (QED) is 0.565. The molecule has 0 radical (unpaired) electrons. The fourth-order valence-corrected chi connectivity index (χ4v) is 3.05. The molecule has 0 N–H and O–H groups in total. The topological polar surface area (TPSA) is 52.6 Å². The lowest BCUT2D eigenvalue weighted by Crippen LogP contribution is -2.36. The molecule has 0 heterocycles. The van der Waals surface area contributed by atoms with Crippen molar-refractivity contribution in [3.63, 3.8) is 0 Å². The zero-order valence-electron chi connectivity index (χ0n) is 14.5. The molecule has 0 aromatic heterocycles. The van der Waals surface area contributed by atoms with Gasteiger partial charge >= 0.3 is 18.1 Å². The number of alkyl halides is 3. The Balaban J connectivity index is 2.22. The first-order valence-electron chi connectivity index (χ1n) is 8.36. The van der Waals surface area contributed by atoms with E-state index < -0.39 is 35.9 Å². The first-order valence-corrected chi connectivity index (χ1v) is 8.36. The van der Waals surface area contributed by atoms with Crippen LogP contribution < -0.4 is 0 Å². The van der Waals surface area contributed by atoms with Crippen molar-refractivity contribution >= 4 is 11.9 Å². The molecule has 26 heavy (non-hydrogen) atoms. The maximum atomic E-state index is 13.0. The molecule has 1 aliphatic rings. The lowest BCUT2D eigenvalue weighted by atomic mass is 9.79. The minimum absolute atomic E-state index is 0.142. The number of halogens is 3. The summed E-state index contributed by atoms with van der Waals surface area (Å²) >= 11 is 0. The van der Waals surface area contributed by atoms with E-state index in [9.17, 15) is 22.8 Å². The van der Waals surface area contributed by atoms with Crippen molar-refractivity contribution in [3.05, 3.63) is 47.5 Å². The summed E-state index contributed by atoms with van der Waals surface area (Å²) in [4.78, 5) is 23.5. The highest BCUT2D eigenvalue weighted by atomic mass is 19.4. The molecule has 4 nitrogen and oxygen atoms in total. The Kier molecular flexibility index (Phi) is 6.10. The van der Waals surface area contributed by atoms with Gasteiger partial charge in [0.05, 0.1) is 5.56 Å². The molecular formula is C19H21F3O4. The summed E-state index contributed by atoms with van der Waals surface area (Å²) < 4.78 is 49.4. The minimum Gasteiger partial charge on any atom is -0.452 e. The molecule has 0 unspecified atom stereocenters. The smallest absolute Gasteiger partial charge is 0.416 e. The molecule has 0 spiro atoms. The first kappa shape index (κ1) is 20.0. The summed E-state index contributed by atoms with van der Waals surface area (Å²) in [7, 11) is 0. The Labute approximate surface area is 150 Å². The number of ether oxygens (including phenoxy) is 2. The zero-order chi connectivity index (χ0) is 19.4. The van der Waals surface area contributed by atoms with E-state index in [1.807, 2.05) is 0 Å². The van der Waals surface area contributed by atoms with Gasteiger partial charge in [-0.3, -0.25) is 0 Å². The van der Waals surface area contributed by atoms with Crippen LogP contribution in [0.4, 0.5) is 13.2 Å². The van der Waals surface area contributed by atoms with E-state index in [-0.39, 0.29) is 5.57 Å². The summed E-state index contributed by atoms with van der Waals surface area (Å²) in [5.41, 5.74) is -1.47. The third-order valence-electron chi connectivity index (χ3n) is 4.36. The van der Waals surface area contributed by atoms with E-state index in [1.54, 1.807) is 0 Å². The lowest BCUT2D eigenvalue weighted by Gasteiger charge is -2.37. The second kappa shape index (κ2) is 7.93. The van der Waals surface area contributed by atoms with Crippen molar-refractivity contribution in [3.8, 4) is 0 Å². The lowest BCUT2D eigenvalue weighted by molar-refractivity contribution is -0.173. The van der Waals surface area contributed by atoms with Gasteiger partial charge in [-0.1, -0.05) is 25.1 Å². The van der Waals surface area contributed by atoms with Crippen LogP contribution in [0, 0.1) is 0 Å². The van der Waals surface area contributed by atoms with E-state index in [1.165, 1.54) is 19.1 Å². The van der Waals surface area contributed by atoms with Crippen LogP contribution in [0.5, 0.6) is 0 Å². The molecule has 2 rings (SSSR count). The average molecular weight is 370 g/mol. The Hall–Kier alpha value is -2.31. The molecule has 7 heteroatoms. The van der Waals surface area contributed by atoms with E-state index in [0.717, 1.165) is 31.4 Å². The van der Waals surface area contributed by atoms with Crippen LogP contribution in [0.15, 0.2) is 36.4 Å². The Morgan fingerprint density at radius 1 is 1.19 bits per heavy atom. The number of hydrogen-bond acceptors (Lipinski definition) is 4. The Morgan fingerprint density at radius 2 is 1.85 bits per heavy atom. The molecule has 0 atom stereocenters. The number of esters is 2. The zero-order valence-corrected chi connectivity index (χ0v) is 14.5. The number of rotatable bonds is 5. The summed E-state index contributed by atoms with van der Waals surface area (Å²) in [5.74, 6) is -1.52. The number of carbonyl (C=O) groups is 2. The van der Waals surface area contributed by atoms with Gasteiger partial charge in [-0.15, -0.1) is 0 Å². The normalized spacial score (nSPS) is 16.6. The number of hydrogen-bond donors (Lipinski definition) is 0. The predicted octanol–water partition coefficient (Wildman–Crippen LogP) is 4.53. The van der Waals surface area contributed by atoms with Crippen molar-refractivity contribution < 1.29 is 32.2 Å². The monoisotopic (exact) mass is 370 g/mol. The van der Waals surface area contributed by atoms with E-state index in [2.05, 4.69) is 6.58 Å². The van der Waals surface area contributed by atoms with E-state index in [0.29, 0.717) is 18.4 Å². The third-order valence-corrected chi connectivity index (χ3v) is 4.36. The van der Waals surface area contributed by atoms with Gasteiger partial charge < -0.3 is 9.47 Å². The maximum absolute atomic E-state index is 13.0. The van der Waals surface area contributed by atoms with Crippen molar-refractivity contribution in [1.29, 1.82) is 0 Å². The van der Waals surface area contributed by atoms with Crippen LogP contribution in [0.3, 0.4) is 0 Å². The van der Waals surface area contributed by atoms with Gasteiger partial charge in [-0.05, 0) is 50.3 Å². The van der Waals surface area contributed by atoms with Crippen LogP contribution in [0.25, 0.3) is 0 Å². The van der Waals surface area contributed by atoms with Gasteiger partial charge in [0, 0.05) is 5.57 Å². The predicted molar refractivity (Wildman–Crippen MR) is 88.1 cm³/mol. The highest BCUT2D eigenvalue weighted by Gasteiger charge is 2.40. The molecular weight excluding hydrogens is 349 g/mol. The van der Waals surface area contributed by atoms with Crippen LogP contribution in [0.1, 0.15) is 50.2 Å². The van der Waals surface area contributed by atoms with Gasteiger partial charge in [-0.2, -0.15) is 13.2 Å². The van der Waals surface area contributed by atoms with Crippen LogP contribution in [0.2, 0.25) is 0 Å². The molecule has 0 amide bonds. The van der Waals surface area contributed by atoms with E-state index in [4.69, 9.17) is 9.47 Å². The molecule has 0 saturated heterocycles. The standard InChI is InChI=1S/C19H21F3O4/c1-13(2)17(24)25-12-16(23)26-18(9-4-3-5-10-18)14-7-6-8-15(11-14)19(20,21)22/h6-8,11H,1,3-5,9-10,12H2,2H3. The van der Waals surface area contributed by atoms with E-state index >= 15 is 0 Å². The Bertz CT molecular complexity index is 688. The molecule has 0 aliphatic heterocycles. The summed E-state index contributed by atoms with van der Waals surface area (Å²) in [5, 5.41) is 0. The van der Waals surface area contributed by atoms with Crippen molar-refractivity contribution in [1.82, 2.24) is 0 Å². The molecule has 1 aliphatic carbocycles. The van der Waals surface area contributed by atoms with Crippen LogP contribution in [-0.2, 0) is 30.8 Å². The van der Waals surface area contributed by atoms with Crippen LogP contribution >= 0.6 is 0 Å². The highest BCUT2D eigenvalue weighted by molar-refractivity contribution is 5.88. The number of carbonyl (C=O) groups excluding carboxylic acids is 2. The summed E-state index contributed by atoms with van der Waals surface area (Å²) in [6.07, 6.45) is -1.25. The van der Waals surface area contributed by atoms with Gasteiger partial charge in [0.1, 0.15) is 5.60 Å². The first-order chi connectivity index (χ1) is 12.1. The van der Waals surface area contributed by atoms with Crippen LogP contribution in [-0.4, -0.2) is 18.5 Å². The second-order valence-electron chi connectivity index (χ2n) is 6.46. The molecule has 142 valence electrons. The fourth-order valence-electron chi connectivity index (χ4n) is 3.05. The summed E-state index contributed by atoms with van der Waals surface area (Å²) in [6.45, 7) is 4.25. The van der Waals surface area contributed by atoms with Crippen molar-refractivity contribution in [2.75, 3.05) is 6.61 Å². The van der Waals surface area contributed by atoms with Crippen molar-refractivity contribution in [2.24, 2.45) is 0 Å². The Morgan fingerprint density at radius 3 is 2.42 bits per heavy atom. The third kappa shape index (κ3) is 4.86. The molecule has 1 saturated carbocycles. The maximum Gasteiger partial charge on any atom is 0.416 e. The molecule has 0 bridgehead atoms. The highest BCUT2D eigenvalue weighted by Crippen LogP contribution is 2.42. The van der Waals surface area contributed by atoms with Crippen molar-refractivity contribution in [2.45, 2.75) is 50.8 Å². The summed E-state index contributed by atoms with van der Waals surface area (Å²) in [6, 6.07) is 4.85.